The van der Waals surface area contributed by atoms with Crippen LogP contribution in [0.25, 0.3) is 0 Å². The van der Waals surface area contributed by atoms with Gasteiger partial charge in [0.15, 0.2) is 0 Å². The summed E-state index contributed by atoms with van der Waals surface area (Å²) in [5.74, 6) is 0.917. The molecule has 0 spiro atoms. The van der Waals surface area contributed by atoms with Gasteiger partial charge < -0.3 is 5.32 Å². The second-order valence-electron chi connectivity index (χ2n) is 5.82. The summed E-state index contributed by atoms with van der Waals surface area (Å²) in [5, 5.41) is 3.70. The maximum Gasteiger partial charge on any atom is 0.0544 e. The predicted octanol–water partition coefficient (Wildman–Crippen LogP) is 2.81. The second-order valence-corrected chi connectivity index (χ2v) is 6.73. The molecule has 0 bridgehead atoms. The molecule has 1 aromatic rings. The summed E-state index contributed by atoms with van der Waals surface area (Å²) >= 11 is 3.45. The summed E-state index contributed by atoms with van der Waals surface area (Å²) in [6.07, 6.45) is 5.93. The first-order valence-corrected chi connectivity index (χ1v) is 8.13. The molecule has 3 nitrogen and oxygen atoms in total. The molecule has 2 atom stereocenters. The van der Waals surface area contributed by atoms with E-state index in [4.69, 9.17) is 0 Å². The van der Waals surface area contributed by atoms with Crippen LogP contribution in [-0.4, -0.2) is 35.1 Å². The lowest BCUT2D eigenvalue weighted by Gasteiger charge is -2.40. The molecule has 2 fully saturated rings. The highest BCUT2D eigenvalue weighted by Gasteiger charge is 2.38. The van der Waals surface area contributed by atoms with Gasteiger partial charge in [0, 0.05) is 42.4 Å². The third-order valence-electron chi connectivity index (χ3n) is 4.35. The first kappa shape index (κ1) is 13.5. The van der Waals surface area contributed by atoms with Gasteiger partial charge in [0.25, 0.3) is 0 Å². The molecule has 19 heavy (non-hydrogen) atoms. The average molecular weight is 324 g/mol. The zero-order valence-electron chi connectivity index (χ0n) is 11.5. The number of hydrogen-bond donors (Lipinski definition) is 1. The van der Waals surface area contributed by atoms with E-state index in [1.807, 2.05) is 6.20 Å². The van der Waals surface area contributed by atoms with E-state index < -0.39 is 0 Å². The topological polar surface area (TPSA) is 28.2 Å². The minimum atomic E-state index is 0.644. The summed E-state index contributed by atoms with van der Waals surface area (Å²) in [6, 6.07) is 5.59. The van der Waals surface area contributed by atoms with Crippen LogP contribution in [0, 0.1) is 5.92 Å². The predicted molar refractivity (Wildman–Crippen MR) is 80.9 cm³/mol. The number of rotatable bonds is 4. The third-order valence-corrected chi connectivity index (χ3v) is 4.82. The highest BCUT2D eigenvalue weighted by molar-refractivity contribution is 9.10. The number of hydrogen-bond acceptors (Lipinski definition) is 3. The summed E-state index contributed by atoms with van der Waals surface area (Å²) in [4.78, 5) is 7.18. The van der Waals surface area contributed by atoms with Gasteiger partial charge >= 0.3 is 0 Å². The van der Waals surface area contributed by atoms with Crippen molar-refractivity contribution in [3.63, 3.8) is 0 Å². The highest BCUT2D eigenvalue weighted by Crippen LogP contribution is 2.36. The van der Waals surface area contributed by atoms with E-state index in [-0.39, 0.29) is 0 Å². The first-order valence-electron chi connectivity index (χ1n) is 7.34. The molecule has 2 unspecified atom stereocenters. The Morgan fingerprint density at radius 2 is 2.26 bits per heavy atom. The lowest BCUT2D eigenvalue weighted by atomic mass is 10.0. The SMILES string of the molecule is CCC1CN(Cc2ccc(Br)cn2)C(C2CC2)CN1. The molecule has 1 saturated heterocycles. The van der Waals surface area contributed by atoms with Gasteiger partial charge in [0.2, 0.25) is 0 Å². The van der Waals surface area contributed by atoms with Gasteiger partial charge in [0.1, 0.15) is 0 Å². The molecule has 0 radical (unpaired) electrons. The fraction of sp³-hybridized carbons (Fsp3) is 0.667. The van der Waals surface area contributed by atoms with Gasteiger partial charge in [0.05, 0.1) is 5.69 Å². The van der Waals surface area contributed by atoms with Crippen molar-refractivity contribution in [2.24, 2.45) is 5.92 Å². The number of nitrogens with one attached hydrogen (secondary N) is 1. The van der Waals surface area contributed by atoms with Crippen LogP contribution >= 0.6 is 15.9 Å². The van der Waals surface area contributed by atoms with Crippen LogP contribution in [0.2, 0.25) is 0 Å². The van der Waals surface area contributed by atoms with Gasteiger partial charge in [-0.25, -0.2) is 0 Å². The Kier molecular flexibility index (Phi) is 4.20. The number of piperazine rings is 1. The Morgan fingerprint density at radius 1 is 1.42 bits per heavy atom. The van der Waals surface area contributed by atoms with E-state index >= 15 is 0 Å². The molecule has 2 heterocycles. The Morgan fingerprint density at radius 3 is 2.89 bits per heavy atom. The van der Waals surface area contributed by atoms with E-state index in [9.17, 15) is 0 Å². The largest absolute Gasteiger partial charge is 0.311 e. The van der Waals surface area contributed by atoms with Crippen molar-refractivity contribution in [3.8, 4) is 0 Å². The molecule has 1 saturated carbocycles. The third kappa shape index (κ3) is 3.36. The van der Waals surface area contributed by atoms with Crippen molar-refractivity contribution in [2.45, 2.75) is 44.8 Å². The molecule has 2 aliphatic rings. The highest BCUT2D eigenvalue weighted by atomic mass is 79.9. The summed E-state index contributed by atoms with van der Waals surface area (Å²) < 4.78 is 1.06. The molecule has 0 aromatic carbocycles. The fourth-order valence-corrected chi connectivity index (χ4v) is 3.24. The van der Waals surface area contributed by atoms with E-state index in [0.29, 0.717) is 12.1 Å². The van der Waals surface area contributed by atoms with Crippen molar-refractivity contribution >= 4 is 15.9 Å². The maximum atomic E-state index is 4.53. The van der Waals surface area contributed by atoms with Crippen molar-refractivity contribution in [2.75, 3.05) is 13.1 Å². The fourth-order valence-electron chi connectivity index (χ4n) is 3.01. The van der Waals surface area contributed by atoms with E-state index in [0.717, 1.165) is 30.0 Å². The standard InChI is InChI=1S/C15H22BrN3/c1-2-13-9-19(15(8-18-13)11-3-4-11)10-14-6-5-12(16)7-17-14/h5-7,11,13,15,18H,2-4,8-10H2,1H3. The molecule has 1 aliphatic heterocycles. The van der Waals surface area contributed by atoms with Crippen molar-refractivity contribution in [1.82, 2.24) is 15.2 Å². The van der Waals surface area contributed by atoms with Crippen molar-refractivity contribution in [1.29, 1.82) is 0 Å². The monoisotopic (exact) mass is 323 g/mol. The Balaban J connectivity index is 1.69. The minimum absolute atomic E-state index is 0.644. The van der Waals surface area contributed by atoms with Crippen LogP contribution < -0.4 is 5.32 Å². The minimum Gasteiger partial charge on any atom is -0.311 e. The van der Waals surface area contributed by atoms with Crippen LogP contribution in [0.3, 0.4) is 0 Å². The molecule has 1 N–H and O–H groups in total. The molecule has 1 aliphatic carbocycles. The molecular weight excluding hydrogens is 302 g/mol. The zero-order valence-corrected chi connectivity index (χ0v) is 13.1. The number of pyridine rings is 1. The van der Waals surface area contributed by atoms with Crippen molar-refractivity contribution < 1.29 is 0 Å². The first-order chi connectivity index (χ1) is 9.26. The smallest absolute Gasteiger partial charge is 0.0544 e. The second kappa shape index (κ2) is 5.90. The summed E-state index contributed by atoms with van der Waals surface area (Å²) in [6.45, 7) is 5.58. The molecule has 104 valence electrons. The quantitative estimate of drug-likeness (QED) is 0.923. The number of aromatic nitrogens is 1. The van der Waals surface area contributed by atoms with Crippen molar-refractivity contribution in [3.05, 3.63) is 28.5 Å². The van der Waals surface area contributed by atoms with Gasteiger partial charge in [-0.15, -0.1) is 0 Å². The maximum absolute atomic E-state index is 4.53. The molecule has 3 rings (SSSR count). The van der Waals surface area contributed by atoms with Crippen LogP contribution in [0.5, 0.6) is 0 Å². The lowest BCUT2D eigenvalue weighted by molar-refractivity contribution is 0.104. The van der Waals surface area contributed by atoms with E-state index in [1.54, 1.807) is 0 Å². The molecular formula is C15H22BrN3. The Hall–Kier alpha value is -0.450. The van der Waals surface area contributed by atoms with Crippen LogP contribution in [0.4, 0.5) is 0 Å². The van der Waals surface area contributed by atoms with Crippen LogP contribution in [0.15, 0.2) is 22.8 Å². The van der Waals surface area contributed by atoms with Gasteiger partial charge in [-0.2, -0.15) is 0 Å². The molecule has 1 aromatic heterocycles. The molecule has 0 amide bonds. The summed E-state index contributed by atoms with van der Waals surface area (Å²) in [5.41, 5.74) is 1.19. The average Bonchev–Trinajstić information content (AvgIpc) is 3.26. The number of nitrogens with zero attached hydrogens (tertiary/aromatic N) is 2. The Labute approximate surface area is 123 Å². The van der Waals surface area contributed by atoms with Gasteiger partial charge in [-0.1, -0.05) is 6.92 Å². The normalized spacial score (nSPS) is 28.5. The van der Waals surface area contributed by atoms with Crippen LogP contribution in [0.1, 0.15) is 31.9 Å². The zero-order chi connectivity index (χ0) is 13.2. The van der Waals surface area contributed by atoms with Crippen LogP contribution in [-0.2, 0) is 6.54 Å². The van der Waals surface area contributed by atoms with Gasteiger partial charge in [-0.05, 0) is 53.2 Å². The number of halogens is 1. The summed E-state index contributed by atoms with van der Waals surface area (Å²) in [7, 11) is 0. The Bertz CT molecular complexity index is 416. The van der Waals surface area contributed by atoms with E-state index in [2.05, 4.69) is 50.2 Å². The lowest BCUT2D eigenvalue weighted by Crippen LogP contribution is -2.56. The molecule has 4 heteroatoms. The van der Waals surface area contributed by atoms with Gasteiger partial charge in [-0.3, -0.25) is 9.88 Å². The van der Waals surface area contributed by atoms with E-state index in [1.165, 1.54) is 25.0 Å².